The highest BCUT2D eigenvalue weighted by Crippen LogP contribution is 2.22. The number of halogens is 1. The molecule has 1 fully saturated rings. The smallest absolute Gasteiger partial charge is 0.285 e. The molecule has 1 unspecified atom stereocenters. The lowest BCUT2D eigenvalue weighted by Gasteiger charge is -2.30. The SMILES string of the molecule is CCN(CC1CCCNC1)c1cn[nH]c(=O)c1Cl. The van der Waals surface area contributed by atoms with Crippen LogP contribution in [0.15, 0.2) is 11.0 Å². The fraction of sp³-hybridized carbons (Fsp3) is 0.667. The molecule has 0 aliphatic carbocycles. The maximum atomic E-state index is 11.5. The van der Waals surface area contributed by atoms with Gasteiger partial charge in [0.1, 0.15) is 5.02 Å². The summed E-state index contributed by atoms with van der Waals surface area (Å²) in [6, 6.07) is 0. The lowest BCUT2D eigenvalue weighted by Crippen LogP contribution is -2.38. The van der Waals surface area contributed by atoms with Crippen LogP contribution >= 0.6 is 11.6 Å². The third-order valence-corrected chi connectivity index (χ3v) is 3.74. The molecule has 0 aromatic carbocycles. The van der Waals surface area contributed by atoms with Crippen molar-refractivity contribution in [2.75, 3.05) is 31.1 Å². The highest BCUT2D eigenvalue weighted by molar-refractivity contribution is 6.32. The minimum absolute atomic E-state index is 0.232. The van der Waals surface area contributed by atoms with Gasteiger partial charge in [-0.2, -0.15) is 5.10 Å². The monoisotopic (exact) mass is 270 g/mol. The molecule has 1 aromatic rings. The average Bonchev–Trinajstić information content (AvgIpc) is 2.41. The molecule has 1 aliphatic rings. The van der Waals surface area contributed by atoms with E-state index in [0.29, 0.717) is 5.92 Å². The summed E-state index contributed by atoms with van der Waals surface area (Å²) in [5.74, 6) is 0.606. The standard InChI is InChI=1S/C12H19ClN4O/c1-2-17(8-9-4-3-5-14-6-9)10-7-15-16-12(18)11(10)13/h7,9,14H,2-6,8H2,1H3,(H,16,18). The Hall–Kier alpha value is -1.07. The molecule has 2 N–H and O–H groups in total. The number of aromatic amines is 1. The van der Waals surface area contributed by atoms with Gasteiger partial charge in [-0.15, -0.1) is 0 Å². The van der Waals surface area contributed by atoms with Gasteiger partial charge in [-0.1, -0.05) is 11.6 Å². The van der Waals surface area contributed by atoms with Crippen LogP contribution in [0.3, 0.4) is 0 Å². The topological polar surface area (TPSA) is 61.0 Å². The summed E-state index contributed by atoms with van der Waals surface area (Å²) in [6.07, 6.45) is 4.06. The third-order valence-electron chi connectivity index (χ3n) is 3.38. The fourth-order valence-electron chi connectivity index (χ4n) is 2.38. The second-order valence-electron chi connectivity index (χ2n) is 4.65. The maximum absolute atomic E-state index is 11.5. The highest BCUT2D eigenvalue weighted by atomic mass is 35.5. The van der Waals surface area contributed by atoms with E-state index >= 15 is 0 Å². The summed E-state index contributed by atoms with van der Waals surface area (Å²) in [7, 11) is 0. The number of H-pyrrole nitrogens is 1. The Labute approximate surface area is 112 Å². The Balaban J connectivity index is 2.12. The van der Waals surface area contributed by atoms with Gasteiger partial charge in [0.25, 0.3) is 5.56 Å². The van der Waals surface area contributed by atoms with Crippen LogP contribution in [0.4, 0.5) is 5.69 Å². The number of nitrogens with one attached hydrogen (secondary N) is 2. The van der Waals surface area contributed by atoms with Crippen LogP contribution in [-0.4, -0.2) is 36.4 Å². The average molecular weight is 271 g/mol. The van der Waals surface area contributed by atoms with Crippen molar-refractivity contribution in [3.8, 4) is 0 Å². The van der Waals surface area contributed by atoms with Crippen LogP contribution in [0, 0.1) is 5.92 Å². The van der Waals surface area contributed by atoms with E-state index in [2.05, 4.69) is 27.3 Å². The van der Waals surface area contributed by atoms with Crippen molar-refractivity contribution in [3.63, 3.8) is 0 Å². The van der Waals surface area contributed by atoms with Crippen molar-refractivity contribution in [1.29, 1.82) is 0 Å². The second-order valence-corrected chi connectivity index (χ2v) is 5.03. The molecule has 1 aliphatic heterocycles. The van der Waals surface area contributed by atoms with Crippen LogP contribution in [-0.2, 0) is 0 Å². The number of anilines is 1. The minimum Gasteiger partial charge on any atom is -0.369 e. The summed E-state index contributed by atoms with van der Waals surface area (Å²) in [5.41, 5.74) is 0.405. The van der Waals surface area contributed by atoms with Crippen molar-refractivity contribution >= 4 is 17.3 Å². The number of piperidine rings is 1. The summed E-state index contributed by atoms with van der Waals surface area (Å²) in [4.78, 5) is 13.6. The lowest BCUT2D eigenvalue weighted by atomic mass is 9.99. The zero-order chi connectivity index (χ0) is 13.0. The van der Waals surface area contributed by atoms with Gasteiger partial charge in [0.05, 0.1) is 11.9 Å². The first-order valence-corrected chi connectivity index (χ1v) is 6.79. The van der Waals surface area contributed by atoms with Gasteiger partial charge in [0.15, 0.2) is 0 Å². The van der Waals surface area contributed by atoms with Crippen LogP contribution in [0.5, 0.6) is 0 Å². The quantitative estimate of drug-likeness (QED) is 0.865. The van der Waals surface area contributed by atoms with Crippen LogP contribution < -0.4 is 15.8 Å². The van der Waals surface area contributed by atoms with Crippen LogP contribution in [0.2, 0.25) is 5.02 Å². The van der Waals surface area contributed by atoms with Gasteiger partial charge in [-0.25, -0.2) is 5.10 Å². The molecule has 2 rings (SSSR count). The Morgan fingerprint density at radius 1 is 1.61 bits per heavy atom. The van der Waals surface area contributed by atoms with Crippen LogP contribution in [0.1, 0.15) is 19.8 Å². The third kappa shape index (κ3) is 3.03. The van der Waals surface area contributed by atoms with Gasteiger partial charge >= 0.3 is 0 Å². The minimum atomic E-state index is -0.325. The van der Waals surface area contributed by atoms with E-state index in [1.54, 1.807) is 6.20 Å². The van der Waals surface area contributed by atoms with E-state index in [9.17, 15) is 4.79 Å². The van der Waals surface area contributed by atoms with Crippen molar-refractivity contribution < 1.29 is 0 Å². The summed E-state index contributed by atoms with van der Waals surface area (Å²) in [5, 5.41) is 9.80. The highest BCUT2D eigenvalue weighted by Gasteiger charge is 2.19. The second kappa shape index (κ2) is 6.20. The predicted molar refractivity (Wildman–Crippen MR) is 73.3 cm³/mol. The molecule has 1 saturated heterocycles. The van der Waals surface area contributed by atoms with Gasteiger partial charge in [0.2, 0.25) is 0 Å². The number of hydrogen-bond acceptors (Lipinski definition) is 4. The number of nitrogens with zero attached hydrogens (tertiary/aromatic N) is 2. The van der Waals surface area contributed by atoms with Gasteiger partial charge in [-0.3, -0.25) is 4.79 Å². The summed E-state index contributed by atoms with van der Waals surface area (Å²) < 4.78 is 0. The van der Waals surface area contributed by atoms with E-state index in [4.69, 9.17) is 11.6 Å². The Morgan fingerprint density at radius 3 is 3.11 bits per heavy atom. The van der Waals surface area contributed by atoms with E-state index in [1.165, 1.54) is 12.8 Å². The van der Waals surface area contributed by atoms with E-state index in [0.717, 1.165) is 31.9 Å². The molecule has 18 heavy (non-hydrogen) atoms. The molecule has 100 valence electrons. The van der Waals surface area contributed by atoms with Crippen molar-refractivity contribution in [1.82, 2.24) is 15.5 Å². The lowest BCUT2D eigenvalue weighted by molar-refractivity contribution is 0.378. The van der Waals surface area contributed by atoms with E-state index < -0.39 is 0 Å². The summed E-state index contributed by atoms with van der Waals surface area (Å²) >= 11 is 6.04. The zero-order valence-electron chi connectivity index (χ0n) is 10.6. The first-order chi connectivity index (χ1) is 8.72. The molecule has 0 spiro atoms. The van der Waals surface area contributed by atoms with Gasteiger partial charge in [-0.05, 0) is 38.8 Å². The van der Waals surface area contributed by atoms with E-state index in [-0.39, 0.29) is 10.6 Å². The first-order valence-electron chi connectivity index (χ1n) is 6.41. The van der Waals surface area contributed by atoms with Crippen LogP contribution in [0.25, 0.3) is 0 Å². The molecule has 5 nitrogen and oxygen atoms in total. The molecular weight excluding hydrogens is 252 g/mol. The van der Waals surface area contributed by atoms with Crippen molar-refractivity contribution in [2.45, 2.75) is 19.8 Å². The molecular formula is C12H19ClN4O. The molecule has 0 radical (unpaired) electrons. The van der Waals surface area contributed by atoms with Gasteiger partial charge in [0, 0.05) is 13.1 Å². The normalized spacial score (nSPS) is 19.8. The molecule has 0 saturated carbocycles. The molecule has 1 aromatic heterocycles. The van der Waals surface area contributed by atoms with Crippen molar-refractivity contribution in [3.05, 3.63) is 21.6 Å². The van der Waals surface area contributed by atoms with Crippen molar-refractivity contribution in [2.24, 2.45) is 5.92 Å². The predicted octanol–water partition coefficient (Wildman–Crippen LogP) is 1.25. The molecule has 2 heterocycles. The summed E-state index contributed by atoms with van der Waals surface area (Å²) in [6.45, 7) is 5.93. The maximum Gasteiger partial charge on any atom is 0.285 e. The molecule has 1 atom stereocenters. The Bertz CT molecular complexity index is 442. The van der Waals surface area contributed by atoms with Gasteiger partial charge < -0.3 is 10.2 Å². The first kappa shape index (κ1) is 13.4. The molecule has 0 bridgehead atoms. The molecule has 6 heteroatoms. The number of rotatable bonds is 4. The molecule has 0 amide bonds. The number of hydrogen-bond donors (Lipinski definition) is 2. The Kier molecular flexibility index (Phi) is 4.60. The van der Waals surface area contributed by atoms with E-state index in [1.807, 2.05) is 0 Å². The number of aromatic nitrogens is 2. The fourth-order valence-corrected chi connectivity index (χ4v) is 2.59. The Morgan fingerprint density at radius 2 is 2.44 bits per heavy atom. The largest absolute Gasteiger partial charge is 0.369 e. The zero-order valence-corrected chi connectivity index (χ0v) is 11.3.